The van der Waals surface area contributed by atoms with Crippen molar-refractivity contribution in [1.29, 1.82) is 0 Å². The van der Waals surface area contributed by atoms with Gasteiger partial charge in [-0.15, -0.1) is 0 Å². The average Bonchev–Trinajstić information content (AvgIpc) is 3.56. The molecule has 2 saturated heterocycles. The Hall–Kier alpha value is -4.30. The molecule has 2 aliphatic heterocycles. The number of carbonyl (C=O) groups excluding carboxylic acids is 1. The van der Waals surface area contributed by atoms with Gasteiger partial charge in [0.15, 0.2) is 0 Å². The highest BCUT2D eigenvalue weighted by atomic mass is 32.2. The summed E-state index contributed by atoms with van der Waals surface area (Å²) in [7, 11) is -11.3. The minimum Gasteiger partial charge on any atom is -0.489 e. The number of hydrogen-bond donors (Lipinski definition) is 2. The highest BCUT2D eigenvalue weighted by Crippen LogP contribution is 2.39. The molecule has 2 aromatic carbocycles. The number of alkyl halides is 4. The van der Waals surface area contributed by atoms with Crippen LogP contribution in [0, 0.1) is 0 Å². The first-order valence-corrected chi connectivity index (χ1v) is 18.2. The number of nitrogens with zero attached hydrogens (tertiary/aromatic N) is 3. The first-order chi connectivity index (χ1) is 23.7. The lowest BCUT2D eigenvalue weighted by Gasteiger charge is -2.36. The SMILES string of the molecule is O=C(c1ccccc1Oc1cnc2[nH]ccc2c1)N(N1CCNCC1)S(=O)(=O)c1ccc(OCC2(F)CCOCC2)c(S(=O)(=O)C(F)(F)F)c1. The number of sulfone groups is 1. The van der Waals surface area contributed by atoms with Crippen molar-refractivity contribution in [2.45, 2.75) is 33.8 Å². The molecule has 2 aliphatic rings. The Morgan fingerprint density at radius 2 is 1.72 bits per heavy atom. The second-order valence-corrected chi connectivity index (χ2v) is 15.2. The van der Waals surface area contributed by atoms with Crippen molar-refractivity contribution in [3.8, 4) is 17.2 Å². The van der Waals surface area contributed by atoms with E-state index in [1.165, 1.54) is 29.4 Å². The van der Waals surface area contributed by atoms with Crippen molar-refractivity contribution in [2.75, 3.05) is 46.0 Å². The molecule has 0 aliphatic carbocycles. The van der Waals surface area contributed by atoms with Crippen LogP contribution >= 0.6 is 0 Å². The monoisotopic (exact) mass is 741 g/mol. The van der Waals surface area contributed by atoms with Crippen LogP contribution in [0.2, 0.25) is 0 Å². The molecule has 0 saturated carbocycles. The predicted molar refractivity (Wildman–Crippen MR) is 169 cm³/mol. The summed E-state index contributed by atoms with van der Waals surface area (Å²) < 4.78 is 128. The van der Waals surface area contributed by atoms with Gasteiger partial charge in [-0.3, -0.25) is 4.79 Å². The fraction of sp³-hybridized carbons (Fsp3) is 0.355. The Labute approximate surface area is 284 Å². The minimum absolute atomic E-state index is 0.0146. The molecule has 1 amide bonds. The molecule has 0 bridgehead atoms. The second kappa shape index (κ2) is 13.8. The lowest BCUT2D eigenvalue weighted by Crippen LogP contribution is -2.56. The van der Waals surface area contributed by atoms with E-state index in [9.17, 15) is 34.8 Å². The topological polar surface area (TPSA) is 160 Å². The number of pyridine rings is 1. The summed E-state index contributed by atoms with van der Waals surface area (Å²) in [5.74, 6) is -1.86. The number of halogens is 4. The molecular weight excluding hydrogens is 710 g/mol. The molecule has 19 heteroatoms. The van der Waals surface area contributed by atoms with Crippen LogP contribution in [0.15, 0.2) is 76.8 Å². The molecule has 4 heterocycles. The number of hydrogen-bond acceptors (Lipinski definition) is 11. The Morgan fingerprint density at radius 1 is 1.00 bits per heavy atom. The van der Waals surface area contributed by atoms with Gasteiger partial charge in [-0.25, -0.2) is 22.8 Å². The van der Waals surface area contributed by atoms with Crippen LogP contribution in [0.25, 0.3) is 11.0 Å². The zero-order valence-corrected chi connectivity index (χ0v) is 27.8. The average molecular weight is 742 g/mol. The minimum atomic E-state index is -6.23. The third kappa shape index (κ3) is 7.13. The van der Waals surface area contributed by atoms with Crippen molar-refractivity contribution in [2.24, 2.45) is 0 Å². The first kappa shape index (κ1) is 35.5. The van der Waals surface area contributed by atoms with E-state index in [0.717, 1.165) is 6.07 Å². The number of sulfonamides is 1. The molecule has 0 spiro atoms. The number of piperazine rings is 1. The summed E-state index contributed by atoms with van der Waals surface area (Å²) in [6.07, 6.45) is 2.77. The van der Waals surface area contributed by atoms with Crippen LogP contribution in [0.1, 0.15) is 23.2 Å². The molecule has 0 atom stereocenters. The number of nitrogens with one attached hydrogen (secondary N) is 2. The maximum atomic E-state index is 15.2. The summed E-state index contributed by atoms with van der Waals surface area (Å²) in [6, 6.07) is 10.9. The lowest BCUT2D eigenvalue weighted by molar-refractivity contribution is -0.0441. The van der Waals surface area contributed by atoms with Crippen LogP contribution in [0.5, 0.6) is 17.2 Å². The molecular formula is C31H31F4N5O8S2. The number of fused-ring (bicyclic) bond motifs is 1. The van der Waals surface area contributed by atoms with Crippen LogP contribution in [0.4, 0.5) is 17.6 Å². The number of H-pyrrole nitrogens is 1. The Bertz CT molecular complexity index is 2100. The van der Waals surface area contributed by atoms with Crippen molar-refractivity contribution < 1.29 is 53.4 Å². The zero-order valence-electron chi connectivity index (χ0n) is 26.2. The number of amides is 1. The quantitative estimate of drug-likeness (QED) is 0.224. The third-order valence-corrected chi connectivity index (χ3v) is 11.4. The van der Waals surface area contributed by atoms with Gasteiger partial charge >= 0.3 is 5.51 Å². The number of aromatic amines is 1. The number of para-hydroxylation sites is 1. The van der Waals surface area contributed by atoms with Crippen LogP contribution < -0.4 is 14.8 Å². The molecule has 2 fully saturated rings. The maximum Gasteiger partial charge on any atom is 0.502 e. The van der Waals surface area contributed by atoms with Gasteiger partial charge in [-0.1, -0.05) is 12.1 Å². The Kier molecular flexibility index (Phi) is 9.79. The first-order valence-electron chi connectivity index (χ1n) is 15.3. The number of benzene rings is 2. The molecule has 13 nitrogen and oxygen atoms in total. The van der Waals surface area contributed by atoms with Crippen LogP contribution in [0.3, 0.4) is 0 Å². The number of ether oxygens (including phenoxy) is 3. The highest BCUT2D eigenvalue weighted by molar-refractivity contribution is 7.92. The van der Waals surface area contributed by atoms with Crippen molar-refractivity contribution in [1.82, 2.24) is 24.7 Å². The fourth-order valence-electron chi connectivity index (χ4n) is 5.45. The molecule has 0 radical (unpaired) electrons. The van der Waals surface area contributed by atoms with E-state index in [1.807, 2.05) is 0 Å². The molecule has 268 valence electrons. The van der Waals surface area contributed by atoms with E-state index in [-0.39, 0.29) is 75.4 Å². The number of carbonyl (C=O) groups is 1. The lowest BCUT2D eigenvalue weighted by atomic mass is 9.98. The maximum absolute atomic E-state index is 15.2. The summed E-state index contributed by atoms with van der Waals surface area (Å²) in [4.78, 5) is 18.9. The van der Waals surface area contributed by atoms with Gasteiger partial charge in [0.1, 0.15) is 40.1 Å². The Morgan fingerprint density at radius 3 is 2.44 bits per heavy atom. The van der Waals surface area contributed by atoms with E-state index in [1.54, 1.807) is 24.4 Å². The second-order valence-electron chi connectivity index (χ2n) is 11.6. The van der Waals surface area contributed by atoms with E-state index in [0.29, 0.717) is 21.5 Å². The van der Waals surface area contributed by atoms with Gasteiger partial charge in [0.25, 0.3) is 25.8 Å². The zero-order chi connectivity index (χ0) is 35.7. The smallest absolute Gasteiger partial charge is 0.489 e. The highest BCUT2D eigenvalue weighted by Gasteiger charge is 2.49. The van der Waals surface area contributed by atoms with Crippen molar-refractivity contribution in [3.05, 3.63) is 72.6 Å². The van der Waals surface area contributed by atoms with Gasteiger partial charge in [-0.05, 0) is 42.5 Å². The molecule has 2 aromatic heterocycles. The van der Waals surface area contributed by atoms with Gasteiger partial charge in [-0.2, -0.15) is 26.0 Å². The van der Waals surface area contributed by atoms with Gasteiger partial charge in [0.2, 0.25) is 0 Å². The summed E-state index contributed by atoms with van der Waals surface area (Å²) in [5.41, 5.74) is -7.54. The van der Waals surface area contributed by atoms with Crippen LogP contribution in [-0.4, -0.2) is 99.3 Å². The Balaban J connectivity index is 1.40. The van der Waals surface area contributed by atoms with Gasteiger partial charge < -0.3 is 24.5 Å². The summed E-state index contributed by atoms with van der Waals surface area (Å²) in [5, 5.41) is 4.90. The number of rotatable bonds is 10. The van der Waals surface area contributed by atoms with Crippen LogP contribution in [-0.2, 0) is 24.6 Å². The standard InChI is InChI=1S/C31H31F4N5O8S2/c32-30(8-15-46-16-9-30)20-47-26-6-5-23(18-27(26)49(42,43)31(33,34)35)50(44,45)40(39-13-11-36-12-14-39)29(41)24-3-1-2-4-25(24)48-22-17-21-7-10-37-28(21)38-19-22/h1-7,10,17-19,36H,8-9,11-16,20H2,(H,37,38). The third-order valence-electron chi connectivity index (χ3n) is 8.15. The fourth-order valence-corrected chi connectivity index (χ4v) is 7.94. The van der Waals surface area contributed by atoms with Gasteiger partial charge in [0, 0.05) is 63.8 Å². The van der Waals surface area contributed by atoms with Gasteiger partial charge in [0.05, 0.1) is 16.7 Å². The van der Waals surface area contributed by atoms with E-state index in [4.69, 9.17) is 14.2 Å². The van der Waals surface area contributed by atoms with E-state index < -0.39 is 59.1 Å². The number of aromatic nitrogens is 2. The normalized spacial score (nSPS) is 17.4. The molecule has 0 unspecified atom stereocenters. The largest absolute Gasteiger partial charge is 0.502 e. The van der Waals surface area contributed by atoms with E-state index >= 15 is 4.39 Å². The number of hydrazine groups is 1. The molecule has 2 N–H and O–H groups in total. The molecule has 4 aromatic rings. The van der Waals surface area contributed by atoms with Crippen molar-refractivity contribution in [3.63, 3.8) is 0 Å². The predicted octanol–water partition coefficient (Wildman–Crippen LogP) is 4.20. The summed E-state index contributed by atoms with van der Waals surface area (Å²) in [6.45, 7) is -0.301. The van der Waals surface area contributed by atoms with Crippen molar-refractivity contribution >= 4 is 36.8 Å². The summed E-state index contributed by atoms with van der Waals surface area (Å²) >= 11 is 0. The molecule has 6 rings (SSSR count). The van der Waals surface area contributed by atoms with E-state index in [2.05, 4.69) is 15.3 Å². The molecule has 50 heavy (non-hydrogen) atoms.